The van der Waals surface area contributed by atoms with Crippen LogP contribution in [-0.2, 0) is 11.2 Å². The number of benzene rings is 1. The van der Waals surface area contributed by atoms with Gasteiger partial charge in [-0.05, 0) is 18.6 Å². The average molecular weight is 292 g/mol. The van der Waals surface area contributed by atoms with E-state index in [1.165, 1.54) is 0 Å². The highest BCUT2D eigenvalue weighted by molar-refractivity contribution is 6.31. The lowest BCUT2D eigenvalue weighted by molar-refractivity contribution is -0.135. The number of carbonyl (C=O) groups excluding carboxylic acids is 1. The maximum atomic E-state index is 12.1. The molecule has 1 aliphatic heterocycles. The summed E-state index contributed by atoms with van der Waals surface area (Å²) in [5.74, 6) is 1.47. The maximum Gasteiger partial charge on any atom is 0.233 e. The third kappa shape index (κ3) is 2.54. The Hall–Kier alpha value is -1.88. The van der Waals surface area contributed by atoms with Crippen molar-refractivity contribution in [3.05, 3.63) is 46.6 Å². The molecule has 1 aliphatic rings. The summed E-state index contributed by atoms with van der Waals surface area (Å²) in [6, 6.07) is 7.41. The Morgan fingerprint density at radius 1 is 1.45 bits per heavy atom. The number of nitrogens with zero attached hydrogens (tertiary/aromatic N) is 3. The largest absolute Gasteiger partial charge is 0.341 e. The van der Waals surface area contributed by atoms with Gasteiger partial charge in [-0.1, -0.05) is 35.0 Å². The number of aryl methyl sites for hydroxylation is 1. The number of halogens is 1. The lowest BCUT2D eigenvalue weighted by atomic mass is 9.99. The van der Waals surface area contributed by atoms with Crippen LogP contribution >= 0.6 is 11.6 Å². The summed E-state index contributed by atoms with van der Waals surface area (Å²) in [4.78, 5) is 18.1. The van der Waals surface area contributed by atoms with Gasteiger partial charge in [-0.25, -0.2) is 0 Å². The van der Waals surface area contributed by atoms with E-state index in [1.54, 1.807) is 17.9 Å². The van der Waals surface area contributed by atoms with Crippen molar-refractivity contribution in [2.75, 3.05) is 13.1 Å². The van der Waals surface area contributed by atoms with Crippen LogP contribution in [0.2, 0.25) is 5.02 Å². The molecule has 5 nitrogen and oxygen atoms in total. The van der Waals surface area contributed by atoms with Crippen LogP contribution in [0.4, 0.5) is 0 Å². The van der Waals surface area contributed by atoms with Gasteiger partial charge >= 0.3 is 0 Å². The Labute approximate surface area is 121 Å². The summed E-state index contributed by atoms with van der Waals surface area (Å²) in [7, 11) is 0. The van der Waals surface area contributed by atoms with E-state index in [0.29, 0.717) is 36.2 Å². The topological polar surface area (TPSA) is 59.2 Å². The van der Waals surface area contributed by atoms with Crippen molar-refractivity contribution in [3.8, 4) is 0 Å². The normalized spacial score (nSPS) is 15.2. The Morgan fingerprint density at radius 3 is 2.85 bits per heavy atom. The zero-order valence-electron chi connectivity index (χ0n) is 11.0. The van der Waals surface area contributed by atoms with E-state index in [0.717, 1.165) is 5.56 Å². The van der Waals surface area contributed by atoms with Crippen LogP contribution in [0, 0.1) is 6.92 Å². The molecule has 0 radical (unpaired) electrons. The Kier molecular flexibility index (Phi) is 3.44. The number of hydrogen-bond acceptors (Lipinski definition) is 4. The quantitative estimate of drug-likeness (QED) is 0.870. The van der Waals surface area contributed by atoms with Gasteiger partial charge in [0.2, 0.25) is 11.8 Å². The first kappa shape index (κ1) is 13.1. The van der Waals surface area contributed by atoms with Crippen molar-refractivity contribution in [3.63, 3.8) is 0 Å². The van der Waals surface area contributed by atoms with Gasteiger partial charge in [-0.2, -0.15) is 4.98 Å². The molecule has 0 N–H and O–H groups in total. The molecule has 0 unspecified atom stereocenters. The van der Waals surface area contributed by atoms with Crippen molar-refractivity contribution in [1.82, 2.24) is 15.0 Å². The second-order valence-corrected chi connectivity index (χ2v) is 5.35. The predicted molar refractivity (Wildman–Crippen MR) is 73.5 cm³/mol. The number of amides is 1. The molecule has 2 heterocycles. The second kappa shape index (κ2) is 5.25. The molecule has 6 heteroatoms. The molecule has 1 aromatic carbocycles. The van der Waals surface area contributed by atoms with E-state index in [9.17, 15) is 4.79 Å². The summed E-state index contributed by atoms with van der Waals surface area (Å²) in [6.45, 7) is 3.04. The maximum absolute atomic E-state index is 12.1. The zero-order chi connectivity index (χ0) is 14.1. The van der Waals surface area contributed by atoms with Gasteiger partial charge in [0.25, 0.3) is 0 Å². The first-order valence-electron chi connectivity index (χ1n) is 6.45. The van der Waals surface area contributed by atoms with Gasteiger partial charge < -0.3 is 9.42 Å². The highest BCUT2D eigenvalue weighted by Crippen LogP contribution is 2.27. The van der Waals surface area contributed by atoms with Crippen LogP contribution in [0.25, 0.3) is 0 Å². The second-order valence-electron chi connectivity index (χ2n) is 4.94. The van der Waals surface area contributed by atoms with Crippen molar-refractivity contribution >= 4 is 17.5 Å². The molecular formula is C14H14ClN3O2. The Morgan fingerprint density at radius 2 is 2.20 bits per heavy atom. The zero-order valence-corrected chi connectivity index (χ0v) is 11.8. The van der Waals surface area contributed by atoms with Gasteiger partial charge in [0.1, 0.15) is 0 Å². The molecular weight excluding hydrogens is 278 g/mol. The van der Waals surface area contributed by atoms with E-state index >= 15 is 0 Å². The number of likely N-dealkylation sites (tertiary alicyclic amines) is 1. The minimum atomic E-state index is 0.0746. The highest BCUT2D eigenvalue weighted by atomic mass is 35.5. The molecule has 0 aliphatic carbocycles. The Bertz CT molecular complexity index is 635. The standard InChI is InChI=1S/C14H14ClN3O2/c1-9-16-14(20-17-9)11-7-18(8-11)13(19)6-10-4-2-3-5-12(10)15/h2-5,11H,6-8H2,1H3. The van der Waals surface area contributed by atoms with Gasteiger partial charge in [0, 0.05) is 18.1 Å². The van der Waals surface area contributed by atoms with Crippen molar-refractivity contribution < 1.29 is 9.32 Å². The van der Waals surface area contributed by atoms with Crippen LogP contribution in [0.5, 0.6) is 0 Å². The first-order chi connectivity index (χ1) is 9.63. The van der Waals surface area contributed by atoms with Crippen LogP contribution in [-0.4, -0.2) is 34.0 Å². The lowest BCUT2D eigenvalue weighted by Crippen LogP contribution is -2.49. The monoisotopic (exact) mass is 291 g/mol. The van der Waals surface area contributed by atoms with Gasteiger partial charge in [-0.3, -0.25) is 4.79 Å². The minimum Gasteiger partial charge on any atom is -0.341 e. The molecule has 1 amide bonds. The van der Waals surface area contributed by atoms with Crippen molar-refractivity contribution in [1.29, 1.82) is 0 Å². The fourth-order valence-corrected chi connectivity index (χ4v) is 2.44. The Balaban J connectivity index is 1.57. The summed E-state index contributed by atoms with van der Waals surface area (Å²) in [5.41, 5.74) is 0.858. The fourth-order valence-electron chi connectivity index (χ4n) is 2.23. The van der Waals surface area contributed by atoms with E-state index in [1.807, 2.05) is 18.2 Å². The number of carbonyl (C=O) groups is 1. The van der Waals surface area contributed by atoms with Crippen molar-refractivity contribution in [2.45, 2.75) is 19.3 Å². The summed E-state index contributed by atoms with van der Waals surface area (Å²) < 4.78 is 5.11. The van der Waals surface area contributed by atoms with E-state index in [-0.39, 0.29) is 11.8 Å². The number of rotatable bonds is 3. The van der Waals surface area contributed by atoms with E-state index in [2.05, 4.69) is 10.1 Å². The molecule has 104 valence electrons. The van der Waals surface area contributed by atoms with Gasteiger partial charge in [0.05, 0.1) is 12.3 Å². The predicted octanol–water partition coefficient (Wildman–Crippen LogP) is 2.20. The molecule has 3 rings (SSSR count). The molecule has 20 heavy (non-hydrogen) atoms. The molecule has 1 aromatic heterocycles. The number of hydrogen-bond donors (Lipinski definition) is 0. The van der Waals surface area contributed by atoms with Crippen LogP contribution in [0.15, 0.2) is 28.8 Å². The van der Waals surface area contributed by atoms with E-state index < -0.39 is 0 Å². The summed E-state index contributed by atoms with van der Waals surface area (Å²) in [5, 5.41) is 4.39. The molecule has 0 saturated carbocycles. The lowest BCUT2D eigenvalue weighted by Gasteiger charge is -2.37. The molecule has 1 saturated heterocycles. The highest BCUT2D eigenvalue weighted by Gasteiger charge is 2.35. The third-order valence-corrected chi connectivity index (χ3v) is 3.80. The first-order valence-corrected chi connectivity index (χ1v) is 6.82. The van der Waals surface area contributed by atoms with Crippen LogP contribution < -0.4 is 0 Å². The summed E-state index contributed by atoms with van der Waals surface area (Å²) in [6.07, 6.45) is 0.329. The molecule has 1 fully saturated rings. The number of aromatic nitrogens is 2. The van der Waals surface area contributed by atoms with Crippen molar-refractivity contribution in [2.24, 2.45) is 0 Å². The summed E-state index contributed by atoms with van der Waals surface area (Å²) >= 11 is 6.06. The van der Waals surface area contributed by atoms with Crippen LogP contribution in [0.3, 0.4) is 0 Å². The SMILES string of the molecule is Cc1noc(C2CN(C(=O)Cc3ccccc3Cl)C2)n1. The van der Waals surface area contributed by atoms with Gasteiger partial charge in [-0.15, -0.1) is 0 Å². The fraction of sp³-hybridized carbons (Fsp3) is 0.357. The van der Waals surface area contributed by atoms with E-state index in [4.69, 9.17) is 16.1 Å². The van der Waals surface area contributed by atoms with Gasteiger partial charge in [0.15, 0.2) is 5.82 Å². The smallest absolute Gasteiger partial charge is 0.233 e. The minimum absolute atomic E-state index is 0.0746. The van der Waals surface area contributed by atoms with Crippen LogP contribution in [0.1, 0.15) is 23.2 Å². The molecule has 0 bridgehead atoms. The average Bonchev–Trinajstić information content (AvgIpc) is 2.77. The molecule has 0 spiro atoms. The third-order valence-electron chi connectivity index (χ3n) is 3.43. The molecule has 0 atom stereocenters. The molecule has 2 aromatic rings.